The van der Waals surface area contributed by atoms with E-state index in [0.717, 1.165) is 50.3 Å². The van der Waals surface area contributed by atoms with Crippen LogP contribution in [0.5, 0.6) is 0 Å². The van der Waals surface area contributed by atoms with Gasteiger partial charge in [-0.3, -0.25) is 4.98 Å². The van der Waals surface area contributed by atoms with Crippen LogP contribution >= 0.6 is 0 Å². The van der Waals surface area contributed by atoms with Gasteiger partial charge in [0.05, 0.1) is 0 Å². The Morgan fingerprint density at radius 2 is 0.833 bits per heavy atom. The van der Waals surface area contributed by atoms with Gasteiger partial charge in [-0.1, -0.05) is 140 Å². The topological polar surface area (TPSA) is 29.3 Å². The van der Waals surface area contributed by atoms with Gasteiger partial charge < -0.3 is 9.32 Å². The summed E-state index contributed by atoms with van der Waals surface area (Å²) < 4.78 is 6.08. The zero-order valence-corrected chi connectivity index (χ0v) is 32.6. The largest absolute Gasteiger partial charge is 0.454 e. The summed E-state index contributed by atoms with van der Waals surface area (Å²) in [5, 5.41) is 10.8. The number of benzene rings is 10. The van der Waals surface area contributed by atoms with Crippen LogP contribution in [0.15, 0.2) is 223 Å². The van der Waals surface area contributed by atoms with E-state index in [2.05, 4.69) is 204 Å². The molecule has 0 radical (unpaired) electrons. The lowest BCUT2D eigenvalue weighted by molar-refractivity contribution is 0.668. The van der Waals surface area contributed by atoms with Gasteiger partial charge in [-0.25, -0.2) is 0 Å². The molecule has 0 amide bonds. The Hall–Kier alpha value is -8.01. The third-order valence-electron chi connectivity index (χ3n) is 12.0. The Morgan fingerprint density at radius 1 is 0.317 bits per heavy atom. The van der Waals surface area contributed by atoms with Crippen molar-refractivity contribution in [3.05, 3.63) is 219 Å². The van der Waals surface area contributed by atoms with Crippen molar-refractivity contribution in [1.29, 1.82) is 0 Å². The van der Waals surface area contributed by atoms with Gasteiger partial charge in [0.1, 0.15) is 11.1 Å². The van der Waals surface area contributed by atoms with Gasteiger partial charge in [-0.2, -0.15) is 0 Å². The van der Waals surface area contributed by atoms with Crippen LogP contribution in [0.2, 0.25) is 0 Å². The maximum Gasteiger partial charge on any atom is 0.153 e. The maximum atomic E-state index is 6.08. The molecule has 0 aliphatic carbocycles. The molecule has 2 aromatic heterocycles. The van der Waals surface area contributed by atoms with Gasteiger partial charge in [0, 0.05) is 28.6 Å². The summed E-state index contributed by atoms with van der Waals surface area (Å²) in [6.07, 6.45) is 1.82. The highest BCUT2D eigenvalue weighted by Gasteiger charge is 2.16. The number of fused-ring (bicyclic) bond motifs is 7. The molecule has 0 fully saturated rings. The highest BCUT2D eigenvalue weighted by atomic mass is 16.3. The quantitative estimate of drug-likeness (QED) is 0.169. The zero-order chi connectivity index (χ0) is 39.6. The molecule has 2 heterocycles. The fourth-order valence-corrected chi connectivity index (χ4v) is 9.06. The minimum absolute atomic E-state index is 0.802. The summed E-state index contributed by atoms with van der Waals surface area (Å²) in [5.74, 6) is 0. The SMILES string of the molecule is c1ccc2c(-c3ccc4cc(N(c5ccc(-c6ccc7oc8cccnc8c7c6)cc5)c5ccc6cc(-c7cccc8ccccc78)ccc6c5)ccc4c3)cccc2c1. The third kappa shape index (κ3) is 5.79. The first-order valence-corrected chi connectivity index (χ1v) is 20.4. The first-order valence-electron chi connectivity index (χ1n) is 20.4. The van der Waals surface area contributed by atoms with Crippen molar-refractivity contribution in [3.63, 3.8) is 0 Å². The highest BCUT2D eigenvalue weighted by Crippen LogP contribution is 2.41. The Bertz CT molecular complexity index is 3450. The molecule has 0 saturated heterocycles. The van der Waals surface area contributed by atoms with E-state index in [1.54, 1.807) is 0 Å². The molecule has 12 aromatic rings. The number of hydrogen-bond acceptors (Lipinski definition) is 3. The number of pyridine rings is 1. The second-order valence-electron chi connectivity index (χ2n) is 15.6. The molecule has 0 N–H and O–H groups in total. The van der Waals surface area contributed by atoms with Crippen molar-refractivity contribution in [2.45, 2.75) is 0 Å². The number of aromatic nitrogens is 1. The van der Waals surface area contributed by atoms with Gasteiger partial charge in [-0.15, -0.1) is 0 Å². The van der Waals surface area contributed by atoms with Crippen molar-refractivity contribution in [1.82, 2.24) is 4.98 Å². The molecule has 0 bridgehead atoms. The number of anilines is 3. The molecule has 0 spiro atoms. The lowest BCUT2D eigenvalue weighted by Crippen LogP contribution is -2.10. The van der Waals surface area contributed by atoms with Crippen molar-refractivity contribution in [2.75, 3.05) is 4.90 Å². The standard InChI is InChI=1S/C57H36N2O/c1-3-12-50-38(8-1)10-5-14-52(50)45-19-17-42-34-48(28-23-40(42)32-45)59(47-26-21-37(22-27-47)44-25-30-55-54(36-44)57-56(60-55)16-7-31-58-57)49-29-24-41-33-46(20-18-43(41)35-49)53-15-6-11-39-9-2-4-13-51(39)53/h1-36H. The smallest absolute Gasteiger partial charge is 0.153 e. The molecular formula is C57H36N2O. The molecule has 60 heavy (non-hydrogen) atoms. The second kappa shape index (κ2) is 13.8. The number of furan rings is 1. The predicted octanol–water partition coefficient (Wildman–Crippen LogP) is 16.1. The molecule has 10 aromatic carbocycles. The fourth-order valence-electron chi connectivity index (χ4n) is 9.06. The van der Waals surface area contributed by atoms with Crippen LogP contribution in [0, 0.1) is 0 Å². The van der Waals surface area contributed by atoms with Crippen molar-refractivity contribution < 1.29 is 4.42 Å². The van der Waals surface area contributed by atoms with Crippen molar-refractivity contribution in [2.24, 2.45) is 0 Å². The van der Waals surface area contributed by atoms with Crippen LogP contribution < -0.4 is 4.90 Å². The molecule has 0 atom stereocenters. The molecule has 0 unspecified atom stereocenters. The maximum absolute atomic E-state index is 6.08. The third-order valence-corrected chi connectivity index (χ3v) is 12.0. The molecule has 0 saturated carbocycles. The van der Waals surface area contributed by atoms with E-state index >= 15 is 0 Å². The summed E-state index contributed by atoms with van der Waals surface area (Å²) in [7, 11) is 0. The Morgan fingerprint density at radius 3 is 1.47 bits per heavy atom. The molecule has 0 aliphatic rings. The van der Waals surface area contributed by atoms with Crippen molar-refractivity contribution >= 4 is 82.2 Å². The van der Waals surface area contributed by atoms with Crippen LogP contribution in [-0.4, -0.2) is 4.98 Å². The Labute approximate surface area is 347 Å². The molecule has 12 rings (SSSR count). The van der Waals surface area contributed by atoms with Crippen LogP contribution in [0.25, 0.3) is 98.5 Å². The Balaban J connectivity index is 0.957. The minimum atomic E-state index is 0.802. The van der Waals surface area contributed by atoms with E-state index < -0.39 is 0 Å². The summed E-state index contributed by atoms with van der Waals surface area (Å²) >= 11 is 0. The van der Waals surface area contributed by atoms with Gasteiger partial charge in [0.15, 0.2) is 5.58 Å². The highest BCUT2D eigenvalue weighted by molar-refractivity contribution is 6.05. The zero-order valence-electron chi connectivity index (χ0n) is 32.6. The van der Waals surface area contributed by atoms with Crippen LogP contribution in [0.4, 0.5) is 17.1 Å². The normalized spacial score (nSPS) is 11.7. The molecule has 280 valence electrons. The van der Waals surface area contributed by atoms with E-state index in [1.807, 2.05) is 24.4 Å². The average Bonchev–Trinajstić information content (AvgIpc) is 3.69. The summed E-state index contributed by atoms with van der Waals surface area (Å²) in [6, 6.07) is 76.8. The average molecular weight is 765 g/mol. The lowest BCUT2D eigenvalue weighted by Gasteiger charge is -2.26. The predicted molar refractivity (Wildman–Crippen MR) is 253 cm³/mol. The van der Waals surface area contributed by atoms with E-state index in [4.69, 9.17) is 4.42 Å². The molecular weight excluding hydrogens is 729 g/mol. The van der Waals surface area contributed by atoms with Gasteiger partial charge in [0.25, 0.3) is 0 Å². The van der Waals surface area contributed by atoms with Crippen LogP contribution in [0.1, 0.15) is 0 Å². The molecule has 0 aliphatic heterocycles. The summed E-state index contributed by atoms with van der Waals surface area (Å²) in [6.45, 7) is 0. The van der Waals surface area contributed by atoms with E-state index in [1.165, 1.54) is 65.3 Å². The summed E-state index contributed by atoms with van der Waals surface area (Å²) in [5.41, 5.74) is 13.0. The van der Waals surface area contributed by atoms with Crippen molar-refractivity contribution in [3.8, 4) is 33.4 Å². The van der Waals surface area contributed by atoms with E-state index in [0.29, 0.717) is 0 Å². The number of nitrogens with zero attached hydrogens (tertiary/aromatic N) is 2. The van der Waals surface area contributed by atoms with Gasteiger partial charge in [-0.05, 0) is 149 Å². The number of rotatable bonds is 6. The second-order valence-corrected chi connectivity index (χ2v) is 15.6. The van der Waals surface area contributed by atoms with Crippen LogP contribution in [-0.2, 0) is 0 Å². The molecule has 3 nitrogen and oxygen atoms in total. The lowest BCUT2D eigenvalue weighted by atomic mass is 9.95. The Kier molecular flexibility index (Phi) is 7.85. The van der Waals surface area contributed by atoms with E-state index in [9.17, 15) is 0 Å². The monoisotopic (exact) mass is 764 g/mol. The van der Waals surface area contributed by atoms with Gasteiger partial charge >= 0.3 is 0 Å². The van der Waals surface area contributed by atoms with Gasteiger partial charge in [0.2, 0.25) is 0 Å². The van der Waals surface area contributed by atoms with Crippen LogP contribution in [0.3, 0.4) is 0 Å². The minimum Gasteiger partial charge on any atom is -0.454 e. The number of hydrogen-bond donors (Lipinski definition) is 0. The van der Waals surface area contributed by atoms with E-state index in [-0.39, 0.29) is 0 Å². The fraction of sp³-hybridized carbons (Fsp3) is 0. The molecule has 3 heteroatoms. The first kappa shape index (κ1) is 34.1. The summed E-state index contributed by atoms with van der Waals surface area (Å²) in [4.78, 5) is 6.99. The first-order chi connectivity index (χ1) is 29.7.